The standard InChI is InChI=1S/C17H16N4O2S/c18-16(22)12-8-21(7-11-4-2-1-3-5-11)9-13(17(19)23)15(12)14-6-20-10-24-14/h1-6,8-10,15H,7H2,(H2,18,22)(H2,19,23). The Bertz CT molecular complexity index is 780. The maximum absolute atomic E-state index is 12.0. The van der Waals surface area contributed by atoms with Crippen LogP contribution in [0.3, 0.4) is 0 Å². The fourth-order valence-corrected chi connectivity index (χ4v) is 3.44. The SMILES string of the molecule is NC(=O)C1=CN(Cc2ccccc2)C=C(C(N)=O)C1c1cncs1. The molecule has 6 nitrogen and oxygen atoms in total. The molecular formula is C17H16N4O2S. The van der Waals surface area contributed by atoms with Crippen molar-refractivity contribution in [2.45, 2.75) is 12.5 Å². The Kier molecular flexibility index (Phi) is 4.43. The second kappa shape index (κ2) is 6.67. The third-order valence-electron chi connectivity index (χ3n) is 3.74. The summed E-state index contributed by atoms with van der Waals surface area (Å²) in [7, 11) is 0. The van der Waals surface area contributed by atoms with Crippen LogP contribution in [0.25, 0.3) is 0 Å². The molecule has 0 spiro atoms. The van der Waals surface area contributed by atoms with Crippen LogP contribution >= 0.6 is 11.3 Å². The maximum atomic E-state index is 12.0. The molecule has 0 fully saturated rings. The highest BCUT2D eigenvalue weighted by Gasteiger charge is 2.33. The molecule has 3 rings (SSSR count). The van der Waals surface area contributed by atoms with Crippen molar-refractivity contribution < 1.29 is 9.59 Å². The third-order valence-corrected chi connectivity index (χ3v) is 4.59. The molecule has 1 aromatic heterocycles. The summed E-state index contributed by atoms with van der Waals surface area (Å²) in [6.07, 6.45) is 4.97. The van der Waals surface area contributed by atoms with Crippen LogP contribution in [-0.4, -0.2) is 21.7 Å². The van der Waals surface area contributed by atoms with Gasteiger partial charge in [-0.15, -0.1) is 11.3 Å². The minimum Gasteiger partial charge on any atom is -0.366 e. The Hall–Kier alpha value is -2.93. The van der Waals surface area contributed by atoms with E-state index in [9.17, 15) is 9.59 Å². The van der Waals surface area contributed by atoms with Gasteiger partial charge in [0.1, 0.15) is 0 Å². The van der Waals surface area contributed by atoms with E-state index in [1.54, 1.807) is 29.0 Å². The molecule has 2 aromatic rings. The zero-order valence-corrected chi connectivity index (χ0v) is 13.6. The second-order valence-electron chi connectivity index (χ2n) is 5.39. The maximum Gasteiger partial charge on any atom is 0.247 e. The van der Waals surface area contributed by atoms with Crippen LogP contribution < -0.4 is 11.5 Å². The minimum absolute atomic E-state index is 0.325. The fraction of sp³-hybridized carbons (Fsp3) is 0.118. The van der Waals surface area contributed by atoms with E-state index in [1.807, 2.05) is 30.3 Å². The number of rotatable bonds is 5. The van der Waals surface area contributed by atoms with Crippen molar-refractivity contribution in [2.75, 3.05) is 0 Å². The number of thiazole rings is 1. The van der Waals surface area contributed by atoms with E-state index in [0.29, 0.717) is 17.7 Å². The monoisotopic (exact) mass is 340 g/mol. The van der Waals surface area contributed by atoms with Crippen molar-refractivity contribution in [2.24, 2.45) is 11.5 Å². The molecule has 1 aliphatic heterocycles. The van der Waals surface area contributed by atoms with E-state index in [2.05, 4.69) is 4.98 Å². The summed E-state index contributed by atoms with van der Waals surface area (Å²) in [6.45, 7) is 0.504. The van der Waals surface area contributed by atoms with Gasteiger partial charge in [0.2, 0.25) is 11.8 Å². The van der Waals surface area contributed by atoms with Gasteiger partial charge in [-0.05, 0) is 5.56 Å². The van der Waals surface area contributed by atoms with Crippen molar-refractivity contribution in [3.05, 3.63) is 76.0 Å². The van der Waals surface area contributed by atoms with E-state index >= 15 is 0 Å². The first-order valence-corrected chi connectivity index (χ1v) is 8.15. The van der Waals surface area contributed by atoms with Crippen molar-refractivity contribution in [1.29, 1.82) is 0 Å². The quantitative estimate of drug-likeness (QED) is 0.860. The fourth-order valence-electron chi connectivity index (χ4n) is 2.68. The molecule has 0 unspecified atom stereocenters. The van der Waals surface area contributed by atoms with E-state index in [4.69, 9.17) is 11.5 Å². The van der Waals surface area contributed by atoms with Crippen molar-refractivity contribution in [3.63, 3.8) is 0 Å². The lowest BCUT2D eigenvalue weighted by Crippen LogP contribution is -2.32. The lowest BCUT2D eigenvalue weighted by atomic mass is 9.87. The molecular weight excluding hydrogens is 324 g/mol. The van der Waals surface area contributed by atoms with E-state index in [1.165, 1.54) is 11.3 Å². The van der Waals surface area contributed by atoms with Gasteiger partial charge in [-0.1, -0.05) is 30.3 Å². The van der Waals surface area contributed by atoms with Crippen molar-refractivity contribution in [1.82, 2.24) is 9.88 Å². The molecule has 2 heterocycles. The molecule has 7 heteroatoms. The number of nitrogens with two attached hydrogens (primary N) is 2. The number of hydrogen-bond donors (Lipinski definition) is 2. The first kappa shape index (κ1) is 15.9. The highest BCUT2D eigenvalue weighted by Crippen LogP contribution is 2.37. The van der Waals surface area contributed by atoms with Crippen LogP contribution in [0.15, 0.2) is 65.6 Å². The normalized spacial score (nSPS) is 14.9. The third kappa shape index (κ3) is 3.21. The first-order chi connectivity index (χ1) is 11.6. The van der Waals surface area contributed by atoms with Gasteiger partial charge in [-0.25, -0.2) is 0 Å². The number of primary amides is 2. The topological polar surface area (TPSA) is 102 Å². The van der Waals surface area contributed by atoms with Crippen LogP contribution in [0.2, 0.25) is 0 Å². The van der Waals surface area contributed by atoms with Gasteiger partial charge in [-0.2, -0.15) is 0 Å². The predicted molar refractivity (Wildman–Crippen MR) is 91.4 cm³/mol. The molecule has 2 amide bonds. The number of nitrogens with zero attached hydrogens (tertiary/aromatic N) is 2. The molecule has 24 heavy (non-hydrogen) atoms. The Labute approximate surface area is 143 Å². The van der Waals surface area contributed by atoms with Crippen molar-refractivity contribution in [3.8, 4) is 0 Å². The lowest BCUT2D eigenvalue weighted by molar-refractivity contribution is -0.115. The van der Waals surface area contributed by atoms with Crippen LogP contribution in [-0.2, 0) is 16.1 Å². The van der Waals surface area contributed by atoms with Crippen molar-refractivity contribution >= 4 is 23.2 Å². The number of carbonyl (C=O) groups excluding carboxylic acids is 2. The first-order valence-electron chi connectivity index (χ1n) is 7.27. The summed E-state index contributed by atoms with van der Waals surface area (Å²) in [6, 6.07) is 9.71. The van der Waals surface area contributed by atoms with Crippen LogP contribution in [0.5, 0.6) is 0 Å². The Morgan fingerprint density at radius 3 is 2.21 bits per heavy atom. The number of aromatic nitrogens is 1. The number of benzene rings is 1. The van der Waals surface area contributed by atoms with Crippen LogP contribution in [0.4, 0.5) is 0 Å². The molecule has 0 aliphatic carbocycles. The van der Waals surface area contributed by atoms with E-state index in [0.717, 1.165) is 10.4 Å². The zero-order valence-electron chi connectivity index (χ0n) is 12.8. The molecule has 1 aromatic carbocycles. The molecule has 1 aliphatic rings. The highest BCUT2D eigenvalue weighted by molar-refractivity contribution is 7.09. The summed E-state index contributed by atoms with van der Waals surface area (Å²) in [5.41, 5.74) is 14.4. The summed E-state index contributed by atoms with van der Waals surface area (Å²) in [5, 5.41) is 0. The predicted octanol–water partition coefficient (Wildman–Crippen LogP) is 1.48. The van der Waals surface area contributed by atoms with Gasteiger partial charge >= 0.3 is 0 Å². The molecule has 0 saturated carbocycles. The van der Waals surface area contributed by atoms with Gasteiger partial charge in [-0.3, -0.25) is 14.6 Å². The zero-order chi connectivity index (χ0) is 17.1. The van der Waals surface area contributed by atoms with Gasteiger partial charge < -0.3 is 16.4 Å². The Balaban J connectivity index is 2.01. The van der Waals surface area contributed by atoms with Gasteiger partial charge in [0.25, 0.3) is 0 Å². The number of hydrogen-bond acceptors (Lipinski definition) is 5. The van der Waals surface area contributed by atoms with Gasteiger partial charge in [0.15, 0.2) is 0 Å². The Morgan fingerprint density at radius 2 is 1.71 bits per heavy atom. The smallest absolute Gasteiger partial charge is 0.247 e. The largest absolute Gasteiger partial charge is 0.366 e. The molecule has 0 saturated heterocycles. The average Bonchev–Trinajstić information content (AvgIpc) is 3.09. The molecule has 0 atom stereocenters. The van der Waals surface area contributed by atoms with Gasteiger partial charge in [0.05, 0.1) is 11.4 Å². The Morgan fingerprint density at radius 1 is 1.08 bits per heavy atom. The van der Waals surface area contributed by atoms with E-state index < -0.39 is 17.7 Å². The lowest BCUT2D eigenvalue weighted by Gasteiger charge is -2.28. The van der Waals surface area contributed by atoms with E-state index in [-0.39, 0.29) is 0 Å². The average molecular weight is 340 g/mol. The summed E-state index contributed by atoms with van der Waals surface area (Å²) in [5.74, 6) is -1.74. The summed E-state index contributed by atoms with van der Waals surface area (Å²) >= 11 is 1.35. The van der Waals surface area contributed by atoms with Crippen LogP contribution in [0.1, 0.15) is 16.4 Å². The minimum atomic E-state index is -0.585. The summed E-state index contributed by atoms with van der Waals surface area (Å²) < 4.78 is 0. The summed E-state index contributed by atoms with van der Waals surface area (Å²) in [4.78, 5) is 30.4. The number of carbonyl (C=O) groups is 2. The molecule has 0 bridgehead atoms. The molecule has 0 radical (unpaired) electrons. The molecule has 122 valence electrons. The second-order valence-corrected chi connectivity index (χ2v) is 6.31. The number of amides is 2. The van der Waals surface area contributed by atoms with Gasteiger partial charge in [0, 0.05) is 41.2 Å². The highest BCUT2D eigenvalue weighted by atomic mass is 32.1. The van der Waals surface area contributed by atoms with Crippen LogP contribution in [0, 0.1) is 0 Å². The molecule has 4 N–H and O–H groups in total.